The number of benzene rings is 2. The number of thioether (sulfide) groups is 1. The Morgan fingerprint density at radius 3 is 2.33 bits per heavy atom. The molecule has 0 heterocycles. The second-order valence-corrected chi connectivity index (χ2v) is 4.86. The minimum Gasteiger partial charge on any atom is -0.198 e. The van der Waals surface area contributed by atoms with Crippen molar-refractivity contribution in [2.45, 2.75) is 10.7 Å². The molecule has 0 aliphatic carbocycles. The first-order valence-electron chi connectivity index (χ1n) is 4.30. The standard InChI is InChI=1S/C11H7BrF2S/c12-9-5-6-10(15-11(13)14)8-4-2-1-3-7(8)9/h1-6,11H. The van der Waals surface area contributed by atoms with Crippen LogP contribution in [0.3, 0.4) is 0 Å². The van der Waals surface area contributed by atoms with E-state index in [4.69, 9.17) is 0 Å². The molecule has 0 saturated heterocycles. The van der Waals surface area contributed by atoms with Crippen LogP contribution < -0.4 is 0 Å². The highest BCUT2D eigenvalue weighted by Crippen LogP contribution is 2.35. The Kier molecular flexibility index (Phi) is 3.26. The fraction of sp³-hybridized carbons (Fsp3) is 0.0909. The molecule has 0 N–H and O–H groups in total. The Balaban J connectivity index is 2.61. The molecule has 2 aromatic rings. The van der Waals surface area contributed by atoms with Crippen molar-refractivity contribution in [3.63, 3.8) is 0 Å². The lowest BCUT2D eigenvalue weighted by Crippen LogP contribution is -1.84. The van der Waals surface area contributed by atoms with Crippen molar-refractivity contribution in [2.24, 2.45) is 0 Å². The van der Waals surface area contributed by atoms with Crippen molar-refractivity contribution in [2.75, 3.05) is 0 Å². The van der Waals surface area contributed by atoms with Gasteiger partial charge in [-0.1, -0.05) is 52.0 Å². The Morgan fingerprint density at radius 2 is 1.67 bits per heavy atom. The zero-order chi connectivity index (χ0) is 10.8. The van der Waals surface area contributed by atoms with Crippen LogP contribution in [-0.2, 0) is 0 Å². The third kappa shape index (κ3) is 2.32. The normalized spacial score (nSPS) is 11.2. The summed E-state index contributed by atoms with van der Waals surface area (Å²) in [6, 6.07) is 11.0. The Hall–Kier alpha value is -0.610. The summed E-state index contributed by atoms with van der Waals surface area (Å²) in [5.41, 5.74) is 0. The summed E-state index contributed by atoms with van der Waals surface area (Å²) in [5, 5.41) is 1.82. The highest BCUT2D eigenvalue weighted by atomic mass is 79.9. The van der Waals surface area contributed by atoms with Gasteiger partial charge in [0.05, 0.1) is 0 Å². The Morgan fingerprint density at radius 1 is 1.00 bits per heavy atom. The van der Waals surface area contributed by atoms with Crippen LogP contribution in [-0.4, -0.2) is 5.76 Å². The highest BCUT2D eigenvalue weighted by Gasteiger charge is 2.09. The molecular weight excluding hydrogens is 282 g/mol. The SMILES string of the molecule is FC(F)Sc1ccc(Br)c2ccccc12. The van der Waals surface area contributed by atoms with E-state index in [1.165, 1.54) is 0 Å². The second-order valence-electron chi connectivity index (χ2n) is 2.97. The zero-order valence-corrected chi connectivity index (χ0v) is 9.99. The fourth-order valence-corrected chi connectivity index (χ4v) is 2.55. The van der Waals surface area contributed by atoms with Gasteiger partial charge in [-0.2, -0.15) is 8.78 Å². The summed E-state index contributed by atoms with van der Waals surface area (Å²) >= 11 is 3.98. The Bertz CT molecular complexity index is 485. The summed E-state index contributed by atoms with van der Waals surface area (Å²) in [7, 11) is 0. The largest absolute Gasteiger partial charge is 0.288 e. The average Bonchev–Trinajstić information content (AvgIpc) is 2.22. The van der Waals surface area contributed by atoms with Gasteiger partial charge in [0, 0.05) is 9.37 Å². The van der Waals surface area contributed by atoms with E-state index >= 15 is 0 Å². The van der Waals surface area contributed by atoms with E-state index in [9.17, 15) is 8.78 Å². The molecule has 0 radical (unpaired) electrons. The van der Waals surface area contributed by atoms with Crippen molar-refractivity contribution in [3.05, 3.63) is 40.9 Å². The number of hydrogen-bond donors (Lipinski definition) is 0. The summed E-state index contributed by atoms with van der Waals surface area (Å²) in [4.78, 5) is 0.615. The molecule has 0 aliphatic rings. The molecule has 0 bridgehead atoms. The second kappa shape index (κ2) is 4.49. The van der Waals surface area contributed by atoms with Crippen LogP contribution >= 0.6 is 27.7 Å². The molecule has 78 valence electrons. The summed E-state index contributed by atoms with van der Waals surface area (Å²) in [6.45, 7) is 0. The zero-order valence-electron chi connectivity index (χ0n) is 7.58. The topological polar surface area (TPSA) is 0 Å². The molecule has 0 saturated carbocycles. The molecular formula is C11H7BrF2S. The van der Waals surface area contributed by atoms with E-state index in [2.05, 4.69) is 15.9 Å². The van der Waals surface area contributed by atoms with Gasteiger partial charge >= 0.3 is 0 Å². The lowest BCUT2D eigenvalue weighted by molar-refractivity contribution is 0.252. The molecule has 0 aliphatic heterocycles. The Labute approximate surface area is 98.8 Å². The van der Waals surface area contributed by atoms with E-state index in [1.807, 2.05) is 24.3 Å². The van der Waals surface area contributed by atoms with Gasteiger partial charge in [0.1, 0.15) is 0 Å². The molecule has 0 unspecified atom stereocenters. The van der Waals surface area contributed by atoms with Crippen molar-refractivity contribution in [1.29, 1.82) is 0 Å². The summed E-state index contributed by atoms with van der Waals surface area (Å²) < 4.78 is 25.5. The van der Waals surface area contributed by atoms with Crippen LogP contribution in [0.25, 0.3) is 10.8 Å². The molecule has 15 heavy (non-hydrogen) atoms. The summed E-state index contributed by atoms with van der Waals surface area (Å²) in [6.07, 6.45) is 0. The average molecular weight is 289 g/mol. The quantitative estimate of drug-likeness (QED) is 0.707. The first-order chi connectivity index (χ1) is 7.18. The molecule has 2 rings (SSSR count). The van der Waals surface area contributed by atoms with Crippen LogP contribution in [0.15, 0.2) is 45.8 Å². The van der Waals surface area contributed by atoms with E-state index in [1.54, 1.807) is 12.1 Å². The van der Waals surface area contributed by atoms with Gasteiger partial charge in [0.15, 0.2) is 0 Å². The number of fused-ring (bicyclic) bond motifs is 1. The monoisotopic (exact) mass is 288 g/mol. The number of rotatable bonds is 2. The highest BCUT2D eigenvalue weighted by molar-refractivity contribution is 9.10. The fourth-order valence-electron chi connectivity index (χ4n) is 1.43. The number of alkyl halides is 2. The molecule has 4 heteroatoms. The van der Waals surface area contributed by atoms with Gasteiger partial charge in [-0.15, -0.1) is 0 Å². The van der Waals surface area contributed by atoms with Gasteiger partial charge in [-0.3, -0.25) is 0 Å². The maximum Gasteiger partial charge on any atom is 0.288 e. The van der Waals surface area contributed by atoms with Gasteiger partial charge in [0.2, 0.25) is 0 Å². The first kappa shape index (κ1) is 10.9. The van der Waals surface area contributed by atoms with Gasteiger partial charge in [0.25, 0.3) is 5.76 Å². The van der Waals surface area contributed by atoms with Crippen molar-refractivity contribution < 1.29 is 8.78 Å². The van der Waals surface area contributed by atoms with Crippen LogP contribution in [0, 0.1) is 0 Å². The molecule has 0 nitrogen and oxygen atoms in total. The molecule has 0 amide bonds. The van der Waals surface area contributed by atoms with Crippen molar-refractivity contribution in [1.82, 2.24) is 0 Å². The maximum atomic E-state index is 12.3. The van der Waals surface area contributed by atoms with Gasteiger partial charge in [-0.25, -0.2) is 0 Å². The van der Waals surface area contributed by atoms with E-state index < -0.39 is 5.76 Å². The van der Waals surface area contributed by atoms with Crippen LogP contribution in [0.2, 0.25) is 0 Å². The lowest BCUT2D eigenvalue weighted by Gasteiger charge is -2.06. The summed E-state index contributed by atoms with van der Waals surface area (Å²) in [5.74, 6) is -2.38. The van der Waals surface area contributed by atoms with Crippen molar-refractivity contribution in [3.8, 4) is 0 Å². The third-order valence-corrected chi connectivity index (χ3v) is 3.53. The molecule has 0 fully saturated rings. The smallest absolute Gasteiger partial charge is 0.198 e. The predicted molar refractivity (Wildman–Crippen MR) is 63.5 cm³/mol. The number of hydrogen-bond acceptors (Lipinski definition) is 1. The van der Waals surface area contributed by atoms with E-state index in [0.717, 1.165) is 15.2 Å². The molecule has 0 spiro atoms. The third-order valence-electron chi connectivity index (χ3n) is 2.05. The van der Waals surface area contributed by atoms with Crippen molar-refractivity contribution >= 4 is 38.5 Å². The van der Waals surface area contributed by atoms with E-state index in [0.29, 0.717) is 16.7 Å². The maximum absolute atomic E-state index is 12.3. The molecule has 0 atom stereocenters. The van der Waals surface area contributed by atoms with Crippen LogP contribution in [0.1, 0.15) is 0 Å². The predicted octanol–water partition coefficient (Wildman–Crippen LogP) is 4.92. The molecule has 0 aromatic heterocycles. The first-order valence-corrected chi connectivity index (χ1v) is 5.98. The van der Waals surface area contributed by atoms with Gasteiger partial charge in [-0.05, 0) is 22.9 Å². The van der Waals surface area contributed by atoms with E-state index in [-0.39, 0.29) is 0 Å². The minimum atomic E-state index is -2.38. The lowest BCUT2D eigenvalue weighted by atomic mass is 10.1. The van der Waals surface area contributed by atoms with Crippen LogP contribution in [0.4, 0.5) is 8.78 Å². The number of halogens is 3. The minimum absolute atomic E-state index is 0.582. The van der Waals surface area contributed by atoms with Crippen LogP contribution in [0.5, 0.6) is 0 Å². The van der Waals surface area contributed by atoms with Gasteiger partial charge < -0.3 is 0 Å². The molecule has 2 aromatic carbocycles.